The van der Waals surface area contributed by atoms with Crippen molar-refractivity contribution in [2.45, 2.75) is 18.9 Å². The van der Waals surface area contributed by atoms with E-state index in [4.69, 9.17) is 0 Å². The highest BCUT2D eigenvalue weighted by molar-refractivity contribution is 9.10. The predicted octanol–water partition coefficient (Wildman–Crippen LogP) is 0.664. The van der Waals surface area contributed by atoms with E-state index in [2.05, 4.69) is 31.7 Å². The van der Waals surface area contributed by atoms with Crippen LogP contribution in [0.5, 0.6) is 0 Å². The van der Waals surface area contributed by atoms with Crippen molar-refractivity contribution in [3.8, 4) is 0 Å². The lowest BCUT2D eigenvalue weighted by Gasteiger charge is -2.23. The van der Waals surface area contributed by atoms with Crippen molar-refractivity contribution in [3.63, 3.8) is 0 Å². The largest absolute Gasteiger partial charge is 0.349 e. The molecule has 0 spiro atoms. The lowest BCUT2D eigenvalue weighted by atomic mass is 10.1. The highest BCUT2D eigenvalue weighted by Gasteiger charge is 2.19. The molecule has 6 heteroatoms. The number of piperidine rings is 1. The van der Waals surface area contributed by atoms with E-state index < -0.39 is 0 Å². The molecule has 1 aromatic rings. The van der Waals surface area contributed by atoms with Crippen LogP contribution < -0.4 is 10.6 Å². The van der Waals surface area contributed by atoms with Gasteiger partial charge in [0.2, 0.25) is 0 Å². The van der Waals surface area contributed by atoms with Crippen LogP contribution in [0, 0.1) is 0 Å². The molecule has 16 heavy (non-hydrogen) atoms. The average Bonchev–Trinajstić information content (AvgIpc) is 2.61. The van der Waals surface area contributed by atoms with Crippen LogP contribution in [0.1, 0.15) is 23.2 Å². The maximum Gasteiger partial charge on any atom is 0.255 e. The maximum atomic E-state index is 11.9. The van der Waals surface area contributed by atoms with Crippen molar-refractivity contribution in [1.29, 1.82) is 0 Å². The smallest absolute Gasteiger partial charge is 0.255 e. The van der Waals surface area contributed by atoms with E-state index in [0.29, 0.717) is 5.56 Å². The fourth-order valence-electron chi connectivity index (χ4n) is 1.80. The number of nitrogens with zero attached hydrogens (tertiary/aromatic N) is 2. The van der Waals surface area contributed by atoms with Crippen LogP contribution in [-0.2, 0) is 7.05 Å². The lowest BCUT2D eigenvalue weighted by molar-refractivity contribution is 0.0928. The minimum Gasteiger partial charge on any atom is -0.349 e. The Morgan fingerprint density at radius 2 is 2.31 bits per heavy atom. The minimum absolute atomic E-state index is 0.0492. The van der Waals surface area contributed by atoms with Gasteiger partial charge in [-0.05, 0) is 41.9 Å². The van der Waals surface area contributed by atoms with E-state index in [1.165, 1.54) is 0 Å². The Morgan fingerprint density at radius 1 is 1.62 bits per heavy atom. The molecule has 1 amide bonds. The zero-order valence-corrected chi connectivity index (χ0v) is 10.7. The Bertz CT molecular complexity index is 384. The van der Waals surface area contributed by atoms with Gasteiger partial charge in [-0.15, -0.1) is 0 Å². The quantitative estimate of drug-likeness (QED) is 0.840. The van der Waals surface area contributed by atoms with Crippen LogP contribution >= 0.6 is 15.9 Å². The molecule has 1 saturated heterocycles. The second-order valence-corrected chi connectivity index (χ2v) is 4.72. The molecule has 1 aliphatic rings. The third-order valence-electron chi connectivity index (χ3n) is 2.79. The monoisotopic (exact) mass is 286 g/mol. The van der Waals surface area contributed by atoms with Crippen LogP contribution in [-0.4, -0.2) is 34.8 Å². The molecule has 0 radical (unpaired) electrons. The summed E-state index contributed by atoms with van der Waals surface area (Å²) in [5, 5.41) is 10.3. The first-order valence-corrected chi connectivity index (χ1v) is 6.17. The molecule has 1 aliphatic heterocycles. The minimum atomic E-state index is -0.0492. The SMILES string of the molecule is Cn1ncc(C(=O)NC2CCNCC2)c1Br. The molecule has 2 N–H and O–H groups in total. The Balaban J connectivity index is 1.99. The number of nitrogens with one attached hydrogen (secondary N) is 2. The van der Waals surface area contributed by atoms with E-state index in [9.17, 15) is 4.79 Å². The van der Waals surface area contributed by atoms with Gasteiger partial charge < -0.3 is 10.6 Å². The number of aromatic nitrogens is 2. The van der Waals surface area contributed by atoms with Crippen LogP contribution in [0.4, 0.5) is 0 Å². The van der Waals surface area contributed by atoms with Crippen molar-refractivity contribution in [2.24, 2.45) is 7.05 Å². The van der Waals surface area contributed by atoms with Crippen molar-refractivity contribution in [2.75, 3.05) is 13.1 Å². The number of halogens is 1. The summed E-state index contributed by atoms with van der Waals surface area (Å²) in [5.41, 5.74) is 0.598. The molecule has 5 nitrogen and oxygen atoms in total. The van der Waals surface area contributed by atoms with E-state index >= 15 is 0 Å². The second-order valence-electron chi connectivity index (χ2n) is 3.97. The predicted molar refractivity (Wildman–Crippen MR) is 64.3 cm³/mol. The molecule has 1 aromatic heterocycles. The molecular formula is C10H15BrN4O. The van der Waals surface area contributed by atoms with Crippen molar-refractivity contribution in [1.82, 2.24) is 20.4 Å². The summed E-state index contributed by atoms with van der Waals surface area (Å²) in [7, 11) is 1.80. The first kappa shape index (κ1) is 11.6. The Hall–Kier alpha value is -0.880. The van der Waals surface area contributed by atoms with Crippen LogP contribution in [0.15, 0.2) is 10.8 Å². The normalized spacial score (nSPS) is 17.4. The molecule has 0 bridgehead atoms. The van der Waals surface area contributed by atoms with Gasteiger partial charge in [0.05, 0.1) is 11.8 Å². The number of carbonyl (C=O) groups is 1. The number of rotatable bonds is 2. The summed E-state index contributed by atoms with van der Waals surface area (Å²) >= 11 is 3.34. The standard InChI is InChI=1S/C10H15BrN4O/c1-15-9(11)8(6-13-15)10(16)14-7-2-4-12-5-3-7/h6-7,12H,2-5H2,1H3,(H,14,16). The average molecular weight is 287 g/mol. The first-order valence-electron chi connectivity index (χ1n) is 5.37. The first-order chi connectivity index (χ1) is 7.68. The Labute approximate surface area is 103 Å². The number of aryl methyl sites for hydroxylation is 1. The zero-order chi connectivity index (χ0) is 11.5. The van der Waals surface area contributed by atoms with Crippen molar-refractivity contribution in [3.05, 3.63) is 16.4 Å². The molecule has 0 saturated carbocycles. The summed E-state index contributed by atoms with van der Waals surface area (Å²) in [6, 6.07) is 0.279. The number of carbonyl (C=O) groups excluding carboxylic acids is 1. The maximum absolute atomic E-state index is 11.9. The lowest BCUT2D eigenvalue weighted by Crippen LogP contribution is -2.42. The van der Waals surface area contributed by atoms with Gasteiger partial charge in [-0.25, -0.2) is 0 Å². The Morgan fingerprint density at radius 3 is 2.88 bits per heavy atom. The van der Waals surface area contributed by atoms with Crippen LogP contribution in [0.2, 0.25) is 0 Å². The number of amides is 1. The van der Waals surface area contributed by atoms with E-state index in [1.807, 2.05) is 0 Å². The topological polar surface area (TPSA) is 59.0 Å². The summed E-state index contributed by atoms with van der Waals surface area (Å²) in [6.07, 6.45) is 3.56. The van der Waals surface area contributed by atoms with Crippen molar-refractivity contribution >= 4 is 21.8 Å². The summed E-state index contributed by atoms with van der Waals surface area (Å²) in [4.78, 5) is 11.9. The van der Waals surface area contributed by atoms with E-state index in [-0.39, 0.29) is 11.9 Å². The zero-order valence-electron chi connectivity index (χ0n) is 9.16. The number of hydrogen-bond donors (Lipinski definition) is 2. The molecule has 2 heterocycles. The highest BCUT2D eigenvalue weighted by Crippen LogP contribution is 2.15. The second kappa shape index (κ2) is 4.97. The van der Waals surface area contributed by atoms with Gasteiger partial charge in [-0.2, -0.15) is 5.10 Å². The van der Waals surface area contributed by atoms with Gasteiger partial charge in [-0.3, -0.25) is 9.48 Å². The highest BCUT2D eigenvalue weighted by atomic mass is 79.9. The molecule has 2 rings (SSSR count). The summed E-state index contributed by atoms with van der Waals surface area (Å²) < 4.78 is 2.36. The molecule has 0 atom stereocenters. The molecule has 88 valence electrons. The van der Waals surface area contributed by atoms with Gasteiger partial charge in [-0.1, -0.05) is 0 Å². The molecule has 1 fully saturated rings. The van der Waals surface area contributed by atoms with Gasteiger partial charge in [0.15, 0.2) is 0 Å². The third-order valence-corrected chi connectivity index (χ3v) is 3.73. The van der Waals surface area contributed by atoms with Crippen LogP contribution in [0.25, 0.3) is 0 Å². The van der Waals surface area contributed by atoms with E-state index in [0.717, 1.165) is 30.5 Å². The van der Waals surface area contributed by atoms with Gasteiger partial charge >= 0.3 is 0 Å². The number of hydrogen-bond acceptors (Lipinski definition) is 3. The van der Waals surface area contributed by atoms with E-state index in [1.54, 1.807) is 17.9 Å². The third kappa shape index (κ3) is 2.44. The van der Waals surface area contributed by atoms with Gasteiger partial charge in [0.25, 0.3) is 5.91 Å². The van der Waals surface area contributed by atoms with Crippen molar-refractivity contribution < 1.29 is 4.79 Å². The van der Waals surface area contributed by atoms with Gasteiger partial charge in [0, 0.05) is 13.1 Å². The molecular weight excluding hydrogens is 272 g/mol. The summed E-state index contributed by atoms with van der Waals surface area (Å²) in [5.74, 6) is -0.0492. The molecule has 0 aromatic carbocycles. The molecule has 0 unspecified atom stereocenters. The van der Waals surface area contributed by atoms with Gasteiger partial charge in [0.1, 0.15) is 4.60 Å². The fourth-order valence-corrected chi connectivity index (χ4v) is 2.18. The summed E-state index contributed by atoms with van der Waals surface area (Å²) in [6.45, 7) is 1.94. The molecule has 0 aliphatic carbocycles. The fraction of sp³-hybridized carbons (Fsp3) is 0.600. The van der Waals surface area contributed by atoms with Crippen LogP contribution in [0.3, 0.4) is 0 Å². The Kier molecular flexibility index (Phi) is 3.60.